The van der Waals surface area contributed by atoms with E-state index in [0.717, 1.165) is 11.3 Å². The first-order valence-corrected chi connectivity index (χ1v) is 2.72. The lowest BCUT2D eigenvalue weighted by atomic mass is 10.6. The Hall–Kier alpha value is -0.950. The summed E-state index contributed by atoms with van der Waals surface area (Å²) >= 11 is 0.829. The fourth-order valence-corrected chi connectivity index (χ4v) is 0.769. The summed E-state index contributed by atoms with van der Waals surface area (Å²) in [5, 5.41) is 8.89. The third-order valence-corrected chi connectivity index (χ3v) is 1.22. The van der Waals surface area contributed by atoms with E-state index in [2.05, 4.69) is 4.98 Å². The molecule has 1 aromatic rings. The Bertz CT molecular complexity index is 224. The zero-order valence-electron chi connectivity index (χ0n) is 3.76. The van der Waals surface area contributed by atoms with Gasteiger partial charge in [0.2, 0.25) is 0 Å². The van der Waals surface area contributed by atoms with Crippen molar-refractivity contribution in [1.82, 2.24) is 4.98 Å². The lowest BCUT2D eigenvalue weighted by Crippen LogP contribution is -1.70. The van der Waals surface area contributed by atoms with Crippen LogP contribution >= 0.6 is 11.3 Å². The van der Waals surface area contributed by atoms with Crippen molar-refractivity contribution >= 4 is 11.3 Å². The fraction of sp³-hybridized carbons (Fsp3) is 0. The van der Waals surface area contributed by atoms with Gasteiger partial charge in [0.1, 0.15) is 6.07 Å². The van der Waals surface area contributed by atoms with Crippen molar-refractivity contribution in [1.29, 1.82) is 5.26 Å². The molecule has 0 aromatic carbocycles. The van der Waals surface area contributed by atoms with E-state index in [1.165, 1.54) is 5.38 Å². The summed E-state index contributed by atoms with van der Waals surface area (Å²) in [6.07, 6.45) is 0. The van der Waals surface area contributed by atoms with E-state index in [1.54, 1.807) is 6.07 Å². The molecule has 0 aliphatic heterocycles. The summed E-state index contributed by atoms with van der Waals surface area (Å²) in [4.78, 5) is 3.22. The van der Waals surface area contributed by atoms with Gasteiger partial charge in [-0.3, -0.25) is 0 Å². The van der Waals surface area contributed by atoms with Gasteiger partial charge in [0.15, 0.2) is 5.69 Å². The third-order valence-electron chi connectivity index (χ3n) is 0.591. The van der Waals surface area contributed by atoms with Gasteiger partial charge in [-0.05, 0) is 0 Å². The second-order valence-corrected chi connectivity index (χ2v) is 1.91. The van der Waals surface area contributed by atoms with Gasteiger partial charge in [-0.1, -0.05) is 11.3 Å². The zero-order chi connectivity index (χ0) is 5.98. The van der Waals surface area contributed by atoms with Crippen LogP contribution in [0.1, 0.15) is 5.69 Å². The van der Waals surface area contributed by atoms with E-state index >= 15 is 0 Å². The molecule has 1 rings (SSSR count). The molecular weight excluding hydrogens is 127 g/mol. The Morgan fingerprint density at radius 3 is 2.88 bits per heavy atom. The van der Waals surface area contributed by atoms with Gasteiger partial charge in [-0.25, -0.2) is 0 Å². The molecule has 0 aliphatic rings. The molecule has 0 amide bonds. The monoisotopic (exact) mass is 128 g/mol. The topological polar surface area (TPSA) is 36.7 Å². The fourth-order valence-electron chi connectivity index (χ4n) is 0.303. The minimum Gasteiger partial charge on any atom is -0.199 e. The van der Waals surface area contributed by atoms with Crippen LogP contribution in [0.5, 0.6) is 0 Å². The average molecular weight is 128 g/mol. The van der Waals surface area contributed by atoms with Crippen LogP contribution in [0.3, 0.4) is 0 Å². The first kappa shape index (κ1) is 5.19. The molecule has 0 bridgehead atoms. The van der Waals surface area contributed by atoms with Gasteiger partial charge in [0.25, 0.3) is 5.26 Å². The predicted octanol–water partition coefficient (Wildman–Crippen LogP) is 1.15. The predicted molar refractivity (Wildman–Crippen MR) is 26.8 cm³/mol. The highest BCUT2D eigenvalue weighted by molar-refractivity contribution is 7.08. The Labute approximate surface area is 49.2 Å². The van der Waals surface area contributed by atoms with E-state index < -0.39 is 5.26 Å². The Morgan fingerprint density at radius 2 is 2.62 bits per heavy atom. The highest BCUT2D eigenvalue weighted by Crippen LogP contribution is 2.04. The van der Waals surface area contributed by atoms with Crippen LogP contribution in [0, 0.1) is 16.6 Å². The van der Waals surface area contributed by atoms with Gasteiger partial charge >= 0.3 is 0 Å². The molecule has 0 unspecified atom stereocenters. The van der Waals surface area contributed by atoms with Crippen LogP contribution in [0.2, 0.25) is 0 Å². The number of thiazole rings is 1. The summed E-state index contributed by atoms with van der Waals surface area (Å²) in [6.45, 7) is 0. The van der Waals surface area contributed by atoms with Crippen LogP contribution in [0.15, 0.2) is 5.38 Å². The largest absolute Gasteiger partial charge is 0.270 e. The van der Waals surface area contributed by atoms with Crippen LogP contribution in [0.25, 0.3) is 0 Å². The van der Waals surface area contributed by atoms with Gasteiger partial charge in [-0.15, -0.1) is 0 Å². The number of hydrogen-bond donors (Lipinski definition) is 0. The maximum absolute atomic E-state index is 11.9. The molecule has 4 heteroatoms. The molecule has 0 saturated carbocycles. The molecule has 0 saturated heterocycles. The standard InChI is InChI=1S/C4HFN2S/c5-4-7-3(1-6)2-8-4/h2H. The summed E-state index contributed by atoms with van der Waals surface area (Å²) < 4.78 is 11.9. The maximum Gasteiger partial charge on any atom is 0.270 e. The molecule has 0 spiro atoms. The molecular formula is C4HFN2S. The molecule has 0 aliphatic carbocycles. The third kappa shape index (κ3) is 0.820. The second-order valence-electron chi connectivity index (χ2n) is 1.10. The Morgan fingerprint density at radius 1 is 1.88 bits per heavy atom. The number of hydrogen-bond acceptors (Lipinski definition) is 3. The minimum absolute atomic E-state index is 0.146. The smallest absolute Gasteiger partial charge is 0.199 e. The summed E-state index contributed by atoms with van der Waals surface area (Å²) in [5.41, 5.74) is 0.146. The second kappa shape index (κ2) is 1.88. The molecule has 8 heavy (non-hydrogen) atoms. The van der Waals surface area contributed by atoms with Crippen molar-refractivity contribution in [2.75, 3.05) is 0 Å². The average Bonchev–Trinajstić information content (AvgIpc) is 2.14. The number of halogens is 1. The molecule has 1 aromatic heterocycles. The molecule has 0 N–H and O–H groups in total. The minimum atomic E-state index is -0.554. The summed E-state index contributed by atoms with van der Waals surface area (Å²) in [6, 6.07) is 1.71. The van der Waals surface area contributed by atoms with E-state index in [0.29, 0.717) is 0 Å². The van der Waals surface area contributed by atoms with Crippen molar-refractivity contribution in [2.24, 2.45) is 0 Å². The lowest BCUT2D eigenvalue weighted by molar-refractivity contribution is 0.616. The molecule has 0 radical (unpaired) electrons. The number of aromatic nitrogens is 1. The molecule has 40 valence electrons. The highest BCUT2D eigenvalue weighted by Gasteiger charge is 1.95. The van der Waals surface area contributed by atoms with Crippen molar-refractivity contribution in [3.8, 4) is 6.07 Å². The van der Waals surface area contributed by atoms with Crippen molar-refractivity contribution in [3.05, 3.63) is 16.3 Å². The SMILES string of the molecule is N#Cc1csc(F)n1. The van der Waals surface area contributed by atoms with Crippen LogP contribution in [0.4, 0.5) is 4.39 Å². The number of nitrogens with zero attached hydrogens (tertiary/aromatic N) is 2. The quantitative estimate of drug-likeness (QED) is 0.525. The van der Waals surface area contributed by atoms with Crippen LogP contribution in [-0.2, 0) is 0 Å². The van der Waals surface area contributed by atoms with Gasteiger partial charge in [0.05, 0.1) is 0 Å². The molecule has 0 fully saturated rings. The molecule has 1 heterocycles. The van der Waals surface area contributed by atoms with Crippen molar-refractivity contribution < 1.29 is 4.39 Å². The first-order valence-electron chi connectivity index (χ1n) is 1.84. The molecule has 0 atom stereocenters. The van der Waals surface area contributed by atoms with Crippen molar-refractivity contribution in [2.45, 2.75) is 0 Å². The van der Waals surface area contributed by atoms with Crippen LogP contribution in [-0.4, -0.2) is 4.98 Å². The van der Waals surface area contributed by atoms with E-state index in [-0.39, 0.29) is 5.69 Å². The molecule has 2 nitrogen and oxygen atoms in total. The van der Waals surface area contributed by atoms with Crippen LogP contribution < -0.4 is 0 Å². The van der Waals surface area contributed by atoms with E-state index in [1.807, 2.05) is 0 Å². The van der Waals surface area contributed by atoms with Gasteiger partial charge in [-0.2, -0.15) is 14.6 Å². The number of nitriles is 1. The van der Waals surface area contributed by atoms with E-state index in [4.69, 9.17) is 5.26 Å². The lowest BCUT2D eigenvalue weighted by Gasteiger charge is -1.65. The van der Waals surface area contributed by atoms with Gasteiger partial charge in [0, 0.05) is 5.38 Å². The highest BCUT2D eigenvalue weighted by atomic mass is 32.1. The van der Waals surface area contributed by atoms with Crippen molar-refractivity contribution in [3.63, 3.8) is 0 Å². The summed E-state index contributed by atoms with van der Waals surface area (Å²) in [5.74, 6) is 0. The Kier molecular flexibility index (Phi) is 1.22. The summed E-state index contributed by atoms with van der Waals surface area (Å²) in [7, 11) is 0. The zero-order valence-corrected chi connectivity index (χ0v) is 4.57. The Balaban J connectivity index is 3.05. The maximum atomic E-state index is 11.9. The number of rotatable bonds is 0. The normalized spacial score (nSPS) is 8.50. The van der Waals surface area contributed by atoms with Gasteiger partial charge < -0.3 is 0 Å². The first-order chi connectivity index (χ1) is 3.83. The van der Waals surface area contributed by atoms with E-state index in [9.17, 15) is 4.39 Å².